The van der Waals surface area contributed by atoms with E-state index in [0.717, 1.165) is 0 Å². The largest absolute Gasteiger partial charge is 0.444 e. The monoisotopic (exact) mass is 586 g/mol. The van der Waals surface area contributed by atoms with Gasteiger partial charge >= 0.3 is 6.09 Å². The molecule has 1 atom stereocenters. The molecule has 2 fully saturated rings. The van der Waals surface area contributed by atoms with E-state index >= 15 is 0 Å². The molecule has 0 unspecified atom stereocenters. The quantitative estimate of drug-likeness (QED) is 0.465. The molecular formula is C28H36F2N8O4. The molecule has 5 rings (SSSR count). The molecule has 0 radical (unpaired) electrons. The Bertz CT molecular complexity index is 1440. The van der Waals surface area contributed by atoms with Crippen molar-refractivity contribution >= 4 is 34.7 Å². The Morgan fingerprint density at radius 3 is 2.48 bits per heavy atom. The summed E-state index contributed by atoms with van der Waals surface area (Å²) in [5.41, 5.74) is 0.251. The number of anilines is 2. The van der Waals surface area contributed by atoms with Gasteiger partial charge in [-0.15, -0.1) is 0 Å². The van der Waals surface area contributed by atoms with Gasteiger partial charge in [-0.25, -0.2) is 18.6 Å². The maximum absolute atomic E-state index is 14.2. The molecule has 2 amide bonds. The summed E-state index contributed by atoms with van der Waals surface area (Å²) >= 11 is 0. The van der Waals surface area contributed by atoms with E-state index in [-0.39, 0.29) is 24.4 Å². The highest BCUT2D eigenvalue weighted by atomic mass is 19.3. The molecule has 14 heteroatoms. The van der Waals surface area contributed by atoms with Gasteiger partial charge in [-0.2, -0.15) is 9.97 Å². The number of carbonyl (C=O) groups is 2. The van der Waals surface area contributed by atoms with Crippen LogP contribution in [0.5, 0.6) is 0 Å². The molecule has 4 heterocycles. The van der Waals surface area contributed by atoms with Crippen LogP contribution in [-0.4, -0.2) is 101 Å². The Hall–Kier alpha value is -4.07. The van der Waals surface area contributed by atoms with E-state index in [4.69, 9.17) is 19.4 Å². The number of hydrogen-bond donors (Lipinski definition) is 1. The van der Waals surface area contributed by atoms with Gasteiger partial charge in [-0.3, -0.25) is 9.36 Å². The minimum absolute atomic E-state index is 0.0235. The lowest BCUT2D eigenvalue weighted by molar-refractivity contribution is -0.130. The fraction of sp³-hybridized carbons (Fsp3) is 0.536. The summed E-state index contributed by atoms with van der Waals surface area (Å²) in [5.74, 6) is 0.611. The molecule has 1 N–H and O–H groups in total. The van der Waals surface area contributed by atoms with Crippen LogP contribution in [0.3, 0.4) is 0 Å². The van der Waals surface area contributed by atoms with Crippen molar-refractivity contribution in [2.75, 3.05) is 62.3 Å². The van der Waals surface area contributed by atoms with E-state index in [1.807, 2.05) is 17.9 Å². The van der Waals surface area contributed by atoms with Gasteiger partial charge in [0.2, 0.25) is 11.9 Å². The van der Waals surface area contributed by atoms with Crippen LogP contribution in [0.25, 0.3) is 17.0 Å². The number of benzene rings is 1. The minimum atomic E-state index is -2.83. The fourth-order valence-electron chi connectivity index (χ4n) is 5.05. The van der Waals surface area contributed by atoms with E-state index in [2.05, 4.69) is 15.2 Å². The van der Waals surface area contributed by atoms with E-state index in [0.29, 0.717) is 68.6 Å². The summed E-state index contributed by atoms with van der Waals surface area (Å²) < 4.78 is 40.5. The van der Waals surface area contributed by atoms with Gasteiger partial charge in [-0.1, -0.05) is 12.1 Å². The smallest absolute Gasteiger partial charge is 0.408 e. The number of carbonyl (C=O) groups excluding carboxylic acids is 2. The highest BCUT2D eigenvalue weighted by Gasteiger charge is 2.28. The number of nitrogens with zero attached hydrogens (tertiary/aromatic N) is 7. The number of nitrogens with one attached hydrogen (secondary N) is 1. The summed E-state index contributed by atoms with van der Waals surface area (Å²) in [6.07, 6.45) is -3.48. The first-order valence-electron chi connectivity index (χ1n) is 14.0. The molecule has 12 nitrogen and oxygen atoms in total. The van der Waals surface area contributed by atoms with Crippen LogP contribution in [0.15, 0.2) is 30.3 Å². The molecule has 2 aromatic heterocycles. The van der Waals surface area contributed by atoms with Crippen molar-refractivity contribution in [2.24, 2.45) is 0 Å². The van der Waals surface area contributed by atoms with E-state index in [1.54, 1.807) is 49.9 Å². The molecule has 0 bridgehead atoms. The van der Waals surface area contributed by atoms with E-state index in [9.17, 15) is 18.4 Å². The lowest BCUT2D eigenvalue weighted by Gasteiger charge is -2.37. The number of alkyl carbamates (subject to hydrolysis) is 1. The van der Waals surface area contributed by atoms with Crippen molar-refractivity contribution < 1.29 is 27.8 Å². The molecule has 2 aliphatic rings. The van der Waals surface area contributed by atoms with Gasteiger partial charge in [0.15, 0.2) is 5.82 Å². The van der Waals surface area contributed by atoms with Crippen molar-refractivity contribution in [2.45, 2.75) is 45.8 Å². The van der Waals surface area contributed by atoms with Crippen LogP contribution < -0.4 is 15.1 Å². The van der Waals surface area contributed by atoms with E-state index in [1.165, 1.54) is 4.57 Å². The summed E-state index contributed by atoms with van der Waals surface area (Å²) in [7, 11) is 0. The standard InChI is InChI=1S/C28H36F2N8O4/c1-18-17-41-14-13-37(18)22-15-21(33-26(34-22)38-20-8-6-5-7-19(20)32-25(38)24(29)30)35-9-11-36(12-10-35)23(39)16-31-27(40)42-28(2,3)4/h5-8,15,18,24H,9-14,16-17H2,1-4H3,(H,31,40)/t18-/m0/s1. The number of rotatable bonds is 6. The van der Waals surface area contributed by atoms with Gasteiger partial charge in [-0.05, 0) is 39.8 Å². The maximum atomic E-state index is 14.2. The average Bonchev–Trinajstić information content (AvgIpc) is 3.35. The van der Waals surface area contributed by atoms with Gasteiger partial charge in [0, 0.05) is 38.8 Å². The van der Waals surface area contributed by atoms with E-state index < -0.39 is 23.9 Å². The zero-order valence-electron chi connectivity index (χ0n) is 24.2. The molecule has 3 aromatic rings. The van der Waals surface area contributed by atoms with Crippen molar-refractivity contribution in [1.82, 2.24) is 29.7 Å². The van der Waals surface area contributed by atoms with Crippen LogP contribution in [0.2, 0.25) is 0 Å². The molecule has 1 aromatic carbocycles. The van der Waals surface area contributed by atoms with Crippen LogP contribution in [0, 0.1) is 0 Å². The number of aromatic nitrogens is 4. The first-order valence-corrected chi connectivity index (χ1v) is 14.0. The normalized spacial score (nSPS) is 18.1. The molecule has 226 valence electrons. The zero-order valence-corrected chi connectivity index (χ0v) is 24.2. The predicted octanol–water partition coefficient (Wildman–Crippen LogP) is 3.15. The van der Waals surface area contributed by atoms with Gasteiger partial charge in [0.1, 0.15) is 23.8 Å². The van der Waals surface area contributed by atoms with Gasteiger partial charge < -0.3 is 29.5 Å². The SMILES string of the molecule is C[C@H]1COCCN1c1cc(N2CCN(C(=O)CNC(=O)OC(C)(C)C)CC2)nc(-n2c(C(F)F)nc3ccccc32)n1. The number of ether oxygens (including phenoxy) is 2. The summed E-state index contributed by atoms with van der Waals surface area (Å²) in [6.45, 7) is 10.4. The van der Waals surface area contributed by atoms with Crippen LogP contribution >= 0.6 is 0 Å². The number of halogens is 2. The second-order valence-electron chi connectivity index (χ2n) is 11.3. The average molecular weight is 587 g/mol. The zero-order chi connectivity index (χ0) is 30.0. The van der Waals surface area contributed by atoms with Crippen LogP contribution in [0.1, 0.15) is 39.9 Å². The second kappa shape index (κ2) is 12.0. The van der Waals surface area contributed by atoms with Crippen LogP contribution in [0.4, 0.5) is 25.2 Å². The number of para-hydroxylation sites is 2. The summed E-state index contributed by atoms with van der Waals surface area (Å²) in [6, 6.07) is 8.79. The maximum Gasteiger partial charge on any atom is 0.408 e. The van der Waals surface area contributed by atoms with Gasteiger partial charge in [0.25, 0.3) is 6.43 Å². The summed E-state index contributed by atoms with van der Waals surface area (Å²) in [4.78, 5) is 44.1. The number of amides is 2. The molecule has 42 heavy (non-hydrogen) atoms. The number of piperazine rings is 1. The Morgan fingerprint density at radius 2 is 1.79 bits per heavy atom. The first kappa shape index (κ1) is 29.4. The number of imidazole rings is 1. The molecule has 2 aliphatic heterocycles. The van der Waals surface area contributed by atoms with Crippen LogP contribution in [-0.2, 0) is 14.3 Å². The highest BCUT2D eigenvalue weighted by molar-refractivity contribution is 5.82. The Balaban J connectivity index is 1.40. The van der Waals surface area contributed by atoms with Crippen molar-refractivity contribution in [3.63, 3.8) is 0 Å². The fourth-order valence-corrected chi connectivity index (χ4v) is 5.05. The van der Waals surface area contributed by atoms with Crippen molar-refractivity contribution in [3.05, 3.63) is 36.2 Å². The first-order chi connectivity index (χ1) is 20.0. The minimum Gasteiger partial charge on any atom is -0.444 e. The third-order valence-electron chi connectivity index (χ3n) is 7.07. The molecule has 0 saturated carbocycles. The highest BCUT2D eigenvalue weighted by Crippen LogP contribution is 2.30. The topological polar surface area (TPSA) is 118 Å². The second-order valence-corrected chi connectivity index (χ2v) is 11.3. The molecule has 0 spiro atoms. The lowest BCUT2D eigenvalue weighted by atomic mass is 10.2. The number of alkyl halides is 2. The number of morpholine rings is 1. The third-order valence-corrected chi connectivity index (χ3v) is 7.07. The Kier molecular flexibility index (Phi) is 8.43. The van der Waals surface area contributed by atoms with Gasteiger partial charge in [0.05, 0.1) is 30.3 Å². The molecule has 0 aliphatic carbocycles. The van der Waals surface area contributed by atoms with Crippen molar-refractivity contribution in [1.29, 1.82) is 0 Å². The predicted molar refractivity (Wildman–Crippen MR) is 152 cm³/mol. The molecule has 2 saturated heterocycles. The Morgan fingerprint density at radius 1 is 1.07 bits per heavy atom. The van der Waals surface area contributed by atoms with Crippen molar-refractivity contribution in [3.8, 4) is 5.95 Å². The molecular weight excluding hydrogens is 550 g/mol. The number of hydrogen-bond acceptors (Lipinski definition) is 9. The summed E-state index contributed by atoms with van der Waals surface area (Å²) in [5, 5.41) is 2.51. The Labute approximate surface area is 242 Å². The third kappa shape index (κ3) is 6.53. The lowest BCUT2D eigenvalue weighted by Crippen LogP contribution is -2.51. The number of fused-ring (bicyclic) bond motifs is 1.